The number of halogens is 1. The summed E-state index contributed by atoms with van der Waals surface area (Å²) < 4.78 is 0.886. The molecule has 0 aliphatic heterocycles. The van der Waals surface area contributed by atoms with E-state index in [1.807, 2.05) is 30.3 Å². The van der Waals surface area contributed by atoms with Gasteiger partial charge >= 0.3 is 5.97 Å². The predicted octanol–water partition coefficient (Wildman–Crippen LogP) is 6.90. The third-order valence-electron chi connectivity index (χ3n) is 6.06. The lowest BCUT2D eigenvalue weighted by molar-refractivity contribution is -0.130. The van der Waals surface area contributed by atoms with Crippen LogP contribution in [0.3, 0.4) is 0 Å². The Balaban J connectivity index is 1.83. The number of fused-ring (bicyclic) bond motifs is 1. The molecule has 0 radical (unpaired) electrons. The fourth-order valence-electron chi connectivity index (χ4n) is 4.16. The summed E-state index contributed by atoms with van der Waals surface area (Å²) in [5, 5.41) is 9.62. The number of carboxylic acids is 1. The van der Waals surface area contributed by atoms with Crippen LogP contribution in [0.25, 0.3) is 5.57 Å². The van der Waals surface area contributed by atoms with Gasteiger partial charge in [-0.3, -0.25) is 0 Å². The van der Waals surface area contributed by atoms with Crippen LogP contribution in [0.1, 0.15) is 69.2 Å². The van der Waals surface area contributed by atoms with E-state index in [0.29, 0.717) is 12.0 Å². The molecule has 2 aromatic rings. The number of hydrogen-bond acceptors (Lipinski definition) is 1. The molecule has 3 heteroatoms. The second kappa shape index (κ2) is 7.87. The fraction of sp³-hybridized carbons (Fsp3) is 0.400. The molecule has 0 saturated heterocycles. The van der Waals surface area contributed by atoms with Crippen molar-refractivity contribution in [1.29, 1.82) is 0 Å². The number of allylic oxidation sites excluding steroid dienone is 1. The van der Waals surface area contributed by atoms with Gasteiger partial charge in [-0.15, -0.1) is 0 Å². The lowest BCUT2D eigenvalue weighted by atomic mass is 9.63. The van der Waals surface area contributed by atoms with E-state index >= 15 is 0 Å². The van der Waals surface area contributed by atoms with Gasteiger partial charge in [0.15, 0.2) is 0 Å². The van der Waals surface area contributed by atoms with Crippen molar-refractivity contribution in [3.63, 3.8) is 0 Å². The molecule has 1 aliphatic carbocycles. The molecule has 3 rings (SSSR count). The van der Waals surface area contributed by atoms with E-state index in [1.165, 1.54) is 29.5 Å². The second-order valence-electron chi connectivity index (χ2n) is 9.12. The molecule has 1 N–H and O–H groups in total. The van der Waals surface area contributed by atoms with Gasteiger partial charge in [0.25, 0.3) is 0 Å². The van der Waals surface area contributed by atoms with Crippen molar-refractivity contribution in [1.82, 2.24) is 0 Å². The van der Waals surface area contributed by atoms with Crippen molar-refractivity contribution in [3.05, 3.63) is 75.3 Å². The monoisotopic (exact) mass is 440 g/mol. The summed E-state index contributed by atoms with van der Waals surface area (Å²) in [6.45, 7) is 9.34. The summed E-state index contributed by atoms with van der Waals surface area (Å²) in [6, 6.07) is 14.3. The summed E-state index contributed by atoms with van der Waals surface area (Å²) in [6.07, 6.45) is 5.80. The number of carboxylic acid groups (broad SMARTS) is 1. The zero-order chi connectivity index (χ0) is 20.5. The first-order chi connectivity index (χ1) is 13.1. The molecule has 0 atom stereocenters. The van der Waals surface area contributed by atoms with Crippen LogP contribution in [0.2, 0.25) is 0 Å². The highest BCUT2D eigenvalue weighted by molar-refractivity contribution is 9.10. The van der Waals surface area contributed by atoms with Crippen molar-refractivity contribution >= 4 is 27.5 Å². The summed E-state index contributed by atoms with van der Waals surface area (Å²) in [5.41, 5.74) is 5.70. The number of benzene rings is 2. The highest BCUT2D eigenvalue weighted by atomic mass is 79.9. The van der Waals surface area contributed by atoms with Gasteiger partial charge < -0.3 is 5.11 Å². The summed E-state index contributed by atoms with van der Waals surface area (Å²) in [5.74, 6) is -0.883. The Morgan fingerprint density at radius 3 is 2.36 bits per heavy atom. The summed E-state index contributed by atoms with van der Waals surface area (Å²) in [4.78, 5) is 11.7. The Hall–Kier alpha value is -1.87. The van der Waals surface area contributed by atoms with Crippen molar-refractivity contribution in [2.75, 3.05) is 0 Å². The third kappa shape index (κ3) is 4.41. The van der Waals surface area contributed by atoms with Gasteiger partial charge in [-0.2, -0.15) is 0 Å². The van der Waals surface area contributed by atoms with Gasteiger partial charge in [0.1, 0.15) is 0 Å². The molecule has 2 aromatic carbocycles. The van der Waals surface area contributed by atoms with Crippen molar-refractivity contribution in [2.24, 2.45) is 0 Å². The van der Waals surface area contributed by atoms with Crippen LogP contribution in [-0.2, 0) is 22.0 Å². The van der Waals surface area contributed by atoms with Crippen LogP contribution in [0, 0.1) is 0 Å². The lowest BCUT2D eigenvalue weighted by Gasteiger charge is -2.42. The van der Waals surface area contributed by atoms with Crippen LogP contribution >= 0.6 is 15.9 Å². The van der Waals surface area contributed by atoms with Crippen LogP contribution < -0.4 is 0 Å². The van der Waals surface area contributed by atoms with E-state index < -0.39 is 5.97 Å². The van der Waals surface area contributed by atoms with E-state index in [4.69, 9.17) is 0 Å². The number of aliphatic carboxylic acids is 1. The molecule has 0 heterocycles. The molecule has 28 heavy (non-hydrogen) atoms. The first-order valence-electron chi connectivity index (χ1n) is 9.93. The molecular weight excluding hydrogens is 412 g/mol. The van der Waals surface area contributed by atoms with Crippen molar-refractivity contribution in [2.45, 2.75) is 64.2 Å². The maximum absolute atomic E-state index is 11.7. The molecule has 2 nitrogen and oxygen atoms in total. The standard InChI is InChI=1S/C25H29BrO2/c1-24(2)13-14-25(3,4)22-15-17(11-12-21(22)24)7-5-10-20(23(27)28)18-8-6-9-19(26)16-18/h6,8-12,15-16H,5,7,13-14H2,1-4H3,(H,27,28)/b20-10+. The molecule has 1 aliphatic rings. The first-order valence-corrected chi connectivity index (χ1v) is 10.7. The number of rotatable bonds is 5. The van der Waals surface area contributed by atoms with E-state index in [9.17, 15) is 9.90 Å². The third-order valence-corrected chi connectivity index (χ3v) is 6.56. The minimum absolute atomic E-state index is 0.194. The highest BCUT2D eigenvalue weighted by Gasteiger charge is 2.36. The summed E-state index contributed by atoms with van der Waals surface area (Å²) >= 11 is 3.42. The van der Waals surface area contributed by atoms with Gasteiger partial charge in [0.05, 0.1) is 5.57 Å². The SMILES string of the molecule is CC1(C)CCC(C)(C)c2cc(CC/C=C(/C(=O)O)c3cccc(Br)c3)ccc21. The Morgan fingerprint density at radius 2 is 1.71 bits per heavy atom. The van der Waals surface area contributed by atoms with Crippen LogP contribution in [0.15, 0.2) is 53.0 Å². The van der Waals surface area contributed by atoms with E-state index in [0.717, 1.165) is 16.5 Å². The molecule has 0 unspecified atom stereocenters. The second-order valence-corrected chi connectivity index (χ2v) is 10.0. The summed E-state index contributed by atoms with van der Waals surface area (Å²) in [7, 11) is 0. The van der Waals surface area contributed by atoms with E-state index in [2.05, 4.69) is 61.8 Å². The smallest absolute Gasteiger partial charge is 0.335 e. The Morgan fingerprint density at radius 1 is 1.04 bits per heavy atom. The fourth-order valence-corrected chi connectivity index (χ4v) is 4.56. The number of carbonyl (C=O) groups is 1. The molecule has 148 valence electrons. The molecule has 0 bridgehead atoms. The van der Waals surface area contributed by atoms with Crippen LogP contribution in [0.4, 0.5) is 0 Å². The molecule has 0 spiro atoms. The van der Waals surface area contributed by atoms with Gasteiger partial charge in [0.2, 0.25) is 0 Å². The van der Waals surface area contributed by atoms with E-state index in [-0.39, 0.29) is 10.8 Å². The van der Waals surface area contributed by atoms with Gasteiger partial charge in [-0.25, -0.2) is 4.79 Å². The van der Waals surface area contributed by atoms with Crippen molar-refractivity contribution in [3.8, 4) is 0 Å². The van der Waals surface area contributed by atoms with Gasteiger partial charge in [-0.1, -0.05) is 80.0 Å². The average Bonchev–Trinajstić information content (AvgIpc) is 2.62. The molecule has 0 amide bonds. The van der Waals surface area contributed by atoms with Crippen LogP contribution in [-0.4, -0.2) is 11.1 Å². The number of hydrogen-bond donors (Lipinski definition) is 1. The minimum atomic E-state index is -0.883. The highest BCUT2D eigenvalue weighted by Crippen LogP contribution is 2.45. The Kier molecular flexibility index (Phi) is 5.86. The lowest BCUT2D eigenvalue weighted by Crippen LogP contribution is -2.33. The molecule has 0 saturated carbocycles. The molecular formula is C25H29BrO2. The quantitative estimate of drug-likeness (QED) is 0.513. The maximum atomic E-state index is 11.7. The van der Waals surface area contributed by atoms with E-state index in [1.54, 1.807) is 0 Å². The van der Waals surface area contributed by atoms with Crippen molar-refractivity contribution < 1.29 is 9.90 Å². The largest absolute Gasteiger partial charge is 0.478 e. The predicted molar refractivity (Wildman–Crippen MR) is 120 cm³/mol. The molecule has 0 fully saturated rings. The zero-order valence-electron chi connectivity index (χ0n) is 17.2. The average molecular weight is 441 g/mol. The first kappa shape index (κ1) is 20.9. The Labute approximate surface area is 176 Å². The normalized spacial score (nSPS) is 17.8. The van der Waals surface area contributed by atoms with Gasteiger partial charge in [0, 0.05) is 4.47 Å². The maximum Gasteiger partial charge on any atom is 0.335 e. The zero-order valence-corrected chi connectivity index (χ0v) is 18.8. The topological polar surface area (TPSA) is 37.3 Å². The minimum Gasteiger partial charge on any atom is -0.478 e. The van der Waals surface area contributed by atoms with Gasteiger partial charge in [-0.05, 0) is 70.9 Å². The van der Waals surface area contributed by atoms with Crippen LogP contribution in [0.5, 0.6) is 0 Å². The Bertz CT molecular complexity index is 922. The number of aryl methyl sites for hydroxylation is 1. The molecule has 0 aromatic heterocycles.